The molecular weight excluding hydrogens is 286 g/mol. The molecule has 0 saturated heterocycles. The molecule has 0 radical (unpaired) electrons. The molecule has 0 spiro atoms. The van der Waals surface area contributed by atoms with Crippen LogP contribution in [0.3, 0.4) is 0 Å². The Labute approximate surface area is 127 Å². The van der Waals surface area contributed by atoms with E-state index in [2.05, 4.69) is 5.32 Å². The summed E-state index contributed by atoms with van der Waals surface area (Å²) in [5, 5.41) is 3.05. The average Bonchev–Trinajstić information content (AvgIpc) is 2.52. The molecule has 2 aromatic rings. The van der Waals surface area contributed by atoms with E-state index in [0.717, 1.165) is 12.5 Å². The molecule has 1 heterocycles. The van der Waals surface area contributed by atoms with E-state index >= 15 is 0 Å². The topological polar surface area (TPSA) is 85.6 Å². The van der Waals surface area contributed by atoms with E-state index in [4.69, 9.17) is 9.15 Å². The van der Waals surface area contributed by atoms with Gasteiger partial charge in [0.05, 0.1) is 5.39 Å². The smallest absolute Gasteiger partial charge is 0.374 e. The quantitative estimate of drug-likeness (QED) is 0.852. The standard InChI is InChI=1S/C16H17NO5/c1-3-10(2)17-15(19)9-21-16(20)14-8-12(18)11-6-4-5-7-13(11)22-14/h4-8,10H,3,9H2,1-2H3,(H,17,19)/t10-/m0/s1. The van der Waals surface area contributed by atoms with Crippen molar-refractivity contribution in [3.05, 3.63) is 46.3 Å². The van der Waals surface area contributed by atoms with E-state index in [1.165, 1.54) is 0 Å². The van der Waals surface area contributed by atoms with Crippen molar-refractivity contribution in [2.24, 2.45) is 0 Å². The van der Waals surface area contributed by atoms with Gasteiger partial charge in [-0.1, -0.05) is 19.1 Å². The van der Waals surface area contributed by atoms with Crippen LogP contribution in [-0.2, 0) is 9.53 Å². The van der Waals surface area contributed by atoms with Crippen LogP contribution >= 0.6 is 0 Å². The molecule has 116 valence electrons. The largest absolute Gasteiger partial charge is 0.450 e. The van der Waals surface area contributed by atoms with Crippen molar-refractivity contribution in [1.82, 2.24) is 5.32 Å². The number of nitrogens with one attached hydrogen (secondary N) is 1. The Morgan fingerprint density at radius 1 is 1.32 bits per heavy atom. The number of esters is 1. The zero-order valence-corrected chi connectivity index (χ0v) is 12.4. The number of hydrogen-bond acceptors (Lipinski definition) is 5. The Hall–Kier alpha value is -2.63. The Bertz CT molecular complexity index is 750. The van der Waals surface area contributed by atoms with Crippen LogP contribution in [0.4, 0.5) is 0 Å². The monoisotopic (exact) mass is 303 g/mol. The molecule has 0 bridgehead atoms. The Balaban J connectivity index is 2.07. The summed E-state index contributed by atoms with van der Waals surface area (Å²) >= 11 is 0. The molecule has 1 aromatic heterocycles. The van der Waals surface area contributed by atoms with Crippen molar-refractivity contribution in [2.45, 2.75) is 26.3 Å². The molecule has 0 saturated carbocycles. The number of para-hydroxylation sites is 1. The lowest BCUT2D eigenvalue weighted by Gasteiger charge is -2.11. The van der Waals surface area contributed by atoms with Crippen LogP contribution in [0.2, 0.25) is 0 Å². The number of hydrogen-bond donors (Lipinski definition) is 1. The van der Waals surface area contributed by atoms with Gasteiger partial charge in [0.15, 0.2) is 12.0 Å². The SMILES string of the molecule is CC[C@H](C)NC(=O)COC(=O)c1cc(=O)c2ccccc2o1. The molecule has 22 heavy (non-hydrogen) atoms. The van der Waals surface area contributed by atoms with Crippen molar-refractivity contribution < 1.29 is 18.7 Å². The average molecular weight is 303 g/mol. The summed E-state index contributed by atoms with van der Waals surface area (Å²) in [6.45, 7) is 3.36. The maximum Gasteiger partial charge on any atom is 0.374 e. The second-order valence-electron chi connectivity index (χ2n) is 4.92. The van der Waals surface area contributed by atoms with Gasteiger partial charge in [-0.15, -0.1) is 0 Å². The fraction of sp³-hybridized carbons (Fsp3) is 0.312. The van der Waals surface area contributed by atoms with Gasteiger partial charge in [-0.25, -0.2) is 4.79 Å². The lowest BCUT2D eigenvalue weighted by atomic mass is 10.2. The first-order valence-corrected chi connectivity index (χ1v) is 7.00. The van der Waals surface area contributed by atoms with E-state index in [1.54, 1.807) is 24.3 Å². The minimum atomic E-state index is -0.845. The normalized spacial score (nSPS) is 11.9. The van der Waals surface area contributed by atoms with Crippen molar-refractivity contribution >= 4 is 22.8 Å². The van der Waals surface area contributed by atoms with Crippen molar-refractivity contribution in [3.63, 3.8) is 0 Å². The number of amides is 1. The molecule has 0 unspecified atom stereocenters. The van der Waals surface area contributed by atoms with Crippen molar-refractivity contribution in [2.75, 3.05) is 6.61 Å². The van der Waals surface area contributed by atoms with Gasteiger partial charge in [-0.3, -0.25) is 9.59 Å². The second-order valence-corrected chi connectivity index (χ2v) is 4.92. The molecule has 1 aromatic carbocycles. The lowest BCUT2D eigenvalue weighted by molar-refractivity contribution is -0.124. The molecule has 1 atom stereocenters. The lowest BCUT2D eigenvalue weighted by Crippen LogP contribution is -2.35. The first-order valence-electron chi connectivity index (χ1n) is 7.00. The molecule has 0 fully saturated rings. The number of carbonyl (C=O) groups is 2. The second kappa shape index (κ2) is 6.89. The van der Waals surface area contributed by atoms with Gasteiger partial charge in [0, 0.05) is 12.1 Å². The first kappa shape index (κ1) is 15.8. The molecule has 1 N–H and O–H groups in total. The third-order valence-corrected chi connectivity index (χ3v) is 3.19. The summed E-state index contributed by atoms with van der Waals surface area (Å²) in [7, 11) is 0. The summed E-state index contributed by atoms with van der Waals surface area (Å²) in [4.78, 5) is 35.3. The molecular formula is C16H17NO5. The fourth-order valence-electron chi connectivity index (χ4n) is 1.83. The predicted octanol–water partition coefficient (Wildman–Crippen LogP) is 1.86. The summed E-state index contributed by atoms with van der Waals surface area (Å²) in [5.41, 5.74) is -0.0381. The van der Waals surface area contributed by atoms with E-state index in [1.807, 2.05) is 13.8 Å². The van der Waals surface area contributed by atoms with Gasteiger partial charge < -0.3 is 14.5 Å². The third kappa shape index (κ3) is 3.72. The molecule has 2 rings (SSSR count). The van der Waals surface area contributed by atoms with Crippen molar-refractivity contribution in [3.8, 4) is 0 Å². The Kier molecular flexibility index (Phi) is 4.93. The zero-order chi connectivity index (χ0) is 16.1. The summed E-state index contributed by atoms with van der Waals surface area (Å²) < 4.78 is 10.2. The van der Waals surface area contributed by atoms with Gasteiger partial charge >= 0.3 is 5.97 Å². The summed E-state index contributed by atoms with van der Waals surface area (Å²) in [6.07, 6.45) is 0.777. The predicted molar refractivity (Wildman–Crippen MR) is 80.7 cm³/mol. The van der Waals surface area contributed by atoms with Gasteiger partial charge in [0.1, 0.15) is 5.58 Å². The summed E-state index contributed by atoms with van der Waals surface area (Å²) in [5.74, 6) is -1.46. The highest BCUT2D eigenvalue weighted by atomic mass is 16.5. The van der Waals surface area contributed by atoms with Gasteiger partial charge in [0.25, 0.3) is 5.91 Å². The van der Waals surface area contributed by atoms with Gasteiger partial charge in [-0.05, 0) is 25.5 Å². The van der Waals surface area contributed by atoms with Crippen LogP contribution in [0.15, 0.2) is 39.5 Å². The van der Waals surface area contributed by atoms with Crippen LogP contribution < -0.4 is 10.7 Å². The molecule has 0 aliphatic heterocycles. The number of carbonyl (C=O) groups excluding carboxylic acids is 2. The van der Waals surface area contributed by atoms with Gasteiger partial charge in [-0.2, -0.15) is 0 Å². The Morgan fingerprint density at radius 2 is 2.05 bits per heavy atom. The number of rotatable bonds is 5. The number of fused-ring (bicyclic) bond motifs is 1. The van der Waals surface area contributed by atoms with Gasteiger partial charge in [0.2, 0.25) is 5.76 Å². The van der Waals surface area contributed by atoms with E-state index in [9.17, 15) is 14.4 Å². The molecule has 0 aliphatic rings. The fourth-order valence-corrected chi connectivity index (χ4v) is 1.83. The van der Waals surface area contributed by atoms with Crippen LogP contribution in [0.5, 0.6) is 0 Å². The maximum absolute atomic E-state index is 11.9. The highest BCUT2D eigenvalue weighted by molar-refractivity contribution is 5.90. The summed E-state index contributed by atoms with van der Waals surface area (Å²) in [6, 6.07) is 7.66. The molecule has 0 aliphatic carbocycles. The number of ether oxygens (including phenoxy) is 1. The van der Waals surface area contributed by atoms with Crippen LogP contribution in [0, 0.1) is 0 Å². The highest BCUT2D eigenvalue weighted by Crippen LogP contribution is 2.12. The zero-order valence-electron chi connectivity index (χ0n) is 12.4. The maximum atomic E-state index is 11.9. The van der Waals surface area contributed by atoms with E-state index in [-0.39, 0.29) is 17.2 Å². The minimum absolute atomic E-state index is 0.00445. The van der Waals surface area contributed by atoms with Crippen LogP contribution in [-0.4, -0.2) is 24.5 Å². The molecule has 1 amide bonds. The first-order chi connectivity index (χ1) is 10.5. The third-order valence-electron chi connectivity index (χ3n) is 3.19. The number of benzene rings is 1. The van der Waals surface area contributed by atoms with E-state index < -0.39 is 18.5 Å². The minimum Gasteiger partial charge on any atom is -0.450 e. The van der Waals surface area contributed by atoms with Crippen LogP contribution in [0.1, 0.15) is 30.8 Å². The van der Waals surface area contributed by atoms with E-state index in [0.29, 0.717) is 11.0 Å². The highest BCUT2D eigenvalue weighted by Gasteiger charge is 2.15. The molecule has 6 heteroatoms. The van der Waals surface area contributed by atoms with Crippen molar-refractivity contribution in [1.29, 1.82) is 0 Å². The Morgan fingerprint density at radius 3 is 2.77 bits per heavy atom. The molecule has 6 nitrogen and oxygen atoms in total. The van der Waals surface area contributed by atoms with Crippen LogP contribution in [0.25, 0.3) is 11.0 Å².